The second-order valence-corrected chi connectivity index (χ2v) is 4.32. The van der Waals surface area contributed by atoms with Gasteiger partial charge in [0, 0.05) is 12.1 Å². The fourth-order valence-electron chi connectivity index (χ4n) is 1.81. The number of hydrogen-bond acceptors (Lipinski definition) is 2. The Balaban J connectivity index is 1.93. The van der Waals surface area contributed by atoms with Crippen molar-refractivity contribution >= 4 is 5.78 Å². The molecule has 0 saturated heterocycles. The predicted octanol–water partition coefficient (Wildman–Crippen LogP) is 3.05. The van der Waals surface area contributed by atoms with Gasteiger partial charge < -0.3 is 5.32 Å². The van der Waals surface area contributed by atoms with Crippen molar-refractivity contribution in [2.45, 2.75) is 19.5 Å². The maximum absolute atomic E-state index is 12.1. The zero-order valence-corrected chi connectivity index (χ0v) is 10.5. The van der Waals surface area contributed by atoms with Crippen LogP contribution in [0.25, 0.3) is 0 Å². The summed E-state index contributed by atoms with van der Waals surface area (Å²) in [5.74, 6) is 0.131. The maximum Gasteiger partial charge on any atom is 0.179 e. The van der Waals surface area contributed by atoms with Crippen LogP contribution in [0.3, 0.4) is 0 Å². The summed E-state index contributed by atoms with van der Waals surface area (Å²) in [5, 5.41) is 3.25. The summed E-state index contributed by atoms with van der Waals surface area (Å²) in [4.78, 5) is 12.1. The Bertz CT molecular complexity index is 493. The average molecular weight is 239 g/mol. The van der Waals surface area contributed by atoms with Crippen LogP contribution in [0.4, 0.5) is 0 Å². The van der Waals surface area contributed by atoms with E-state index in [1.54, 1.807) is 0 Å². The van der Waals surface area contributed by atoms with Gasteiger partial charge in [0.25, 0.3) is 0 Å². The first-order valence-corrected chi connectivity index (χ1v) is 6.14. The fraction of sp³-hybridized carbons (Fsp3) is 0.188. The number of nitrogens with one attached hydrogen (secondary N) is 1. The van der Waals surface area contributed by atoms with Crippen LogP contribution in [0.2, 0.25) is 0 Å². The van der Waals surface area contributed by atoms with Crippen LogP contribution in [-0.4, -0.2) is 11.8 Å². The molecule has 2 aromatic carbocycles. The number of carbonyl (C=O) groups is 1. The lowest BCUT2D eigenvalue weighted by Crippen LogP contribution is -2.33. The third-order valence-electron chi connectivity index (χ3n) is 2.91. The topological polar surface area (TPSA) is 29.1 Å². The van der Waals surface area contributed by atoms with Crippen LogP contribution in [0.15, 0.2) is 60.7 Å². The Morgan fingerprint density at radius 1 is 1.00 bits per heavy atom. The van der Waals surface area contributed by atoms with Crippen LogP contribution < -0.4 is 5.32 Å². The Morgan fingerprint density at radius 2 is 1.56 bits per heavy atom. The average Bonchev–Trinajstić information content (AvgIpc) is 2.46. The molecule has 0 saturated carbocycles. The van der Waals surface area contributed by atoms with Crippen LogP contribution in [0, 0.1) is 0 Å². The van der Waals surface area contributed by atoms with Crippen molar-refractivity contribution in [3.05, 3.63) is 71.8 Å². The first kappa shape index (κ1) is 12.5. The van der Waals surface area contributed by atoms with Gasteiger partial charge >= 0.3 is 0 Å². The minimum atomic E-state index is -0.174. The van der Waals surface area contributed by atoms with Crippen LogP contribution in [0.5, 0.6) is 0 Å². The summed E-state index contributed by atoms with van der Waals surface area (Å²) >= 11 is 0. The Kier molecular flexibility index (Phi) is 4.26. The number of benzene rings is 2. The summed E-state index contributed by atoms with van der Waals surface area (Å²) in [6.45, 7) is 2.61. The highest BCUT2D eigenvalue weighted by Crippen LogP contribution is 2.04. The van der Waals surface area contributed by atoms with Gasteiger partial charge in [-0.15, -0.1) is 0 Å². The van der Waals surface area contributed by atoms with Crippen LogP contribution in [-0.2, 0) is 6.54 Å². The van der Waals surface area contributed by atoms with Gasteiger partial charge in [-0.1, -0.05) is 60.7 Å². The highest BCUT2D eigenvalue weighted by Gasteiger charge is 2.13. The fourth-order valence-corrected chi connectivity index (χ4v) is 1.81. The van der Waals surface area contributed by atoms with Gasteiger partial charge in [-0.2, -0.15) is 0 Å². The Morgan fingerprint density at radius 3 is 2.17 bits per heavy atom. The lowest BCUT2D eigenvalue weighted by atomic mass is 10.1. The van der Waals surface area contributed by atoms with Crippen molar-refractivity contribution in [2.75, 3.05) is 0 Å². The van der Waals surface area contributed by atoms with E-state index in [1.165, 1.54) is 5.56 Å². The molecule has 0 aromatic heterocycles. The molecule has 2 heteroatoms. The lowest BCUT2D eigenvalue weighted by Gasteiger charge is -2.12. The van der Waals surface area contributed by atoms with Gasteiger partial charge in [-0.3, -0.25) is 4.79 Å². The number of rotatable bonds is 5. The zero-order chi connectivity index (χ0) is 12.8. The first-order valence-electron chi connectivity index (χ1n) is 6.14. The normalized spacial score (nSPS) is 12.1. The number of hydrogen-bond donors (Lipinski definition) is 1. The number of ketones is 1. The minimum absolute atomic E-state index is 0.131. The predicted molar refractivity (Wildman–Crippen MR) is 73.5 cm³/mol. The van der Waals surface area contributed by atoms with Gasteiger partial charge in [0.15, 0.2) is 5.78 Å². The summed E-state index contributed by atoms with van der Waals surface area (Å²) in [6.07, 6.45) is 0. The van der Waals surface area contributed by atoms with Gasteiger partial charge in [0.05, 0.1) is 6.04 Å². The highest BCUT2D eigenvalue weighted by molar-refractivity contribution is 5.99. The van der Waals surface area contributed by atoms with Crippen molar-refractivity contribution < 1.29 is 4.79 Å². The van der Waals surface area contributed by atoms with E-state index in [4.69, 9.17) is 0 Å². The lowest BCUT2D eigenvalue weighted by molar-refractivity contribution is 0.0950. The van der Waals surface area contributed by atoms with E-state index in [1.807, 2.05) is 67.6 Å². The Labute approximate surface area is 108 Å². The first-order chi connectivity index (χ1) is 8.77. The molecule has 1 atom stereocenters. The molecule has 2 rings (SSSR count). The van der Waals surface area contributed by atoms with Crippen molar-refractivity contribution in [1.82, 2.24) is 5.32 Å². The minimum Gasteiger partial charge on any atom is -0.303 e. The van der Waals surface area contributed by atoms with Gasteiger partial charge in [0.2, 0.25) is 0 Å². The molecule has 0 radical (unpaired) electrons. The molecule has 2 aromatic rings. The SMILES string of the molecule is C[C@H](NCc1ccccc1)C(=O)c1ccccc1. The molecule has 0 aliphatic heterocycles. The van der Waals surface area contributed by atoms with Gasteiger partial charge in [-0.05, 0) is 12.5 Å². The smallest absolute Gasteiger partial charge is 0.179 e. The quantitative estimate of drug-likeness (QED) is 0.812. The number of carbonyl (C=O) groups excluding carboxylic acids is 1. The largest absolute Gasteiger partial charge is 0.303 e. The second kappa shape index (κ2) is 6.12. The van der Waals surface area contributed by atoms with E-state index in [9.17, 15) is 4.79 Å². The second-order valence-electron chi connectivity index (χ2n) is 4.32. The molecule has 0 aliphatic carbocycles. The van der Waals surface area contributed by atoms with Crippen molar-refractivity contribution in [1.29, 1.82) is 0 Å². The third kappa shape index (κ3) is 3.28. The van der Waals surface area contributed by atoms with Crippen molar-refractivity contribution in [2.24, 2.45) is 0 Å². The van der Waals surface area contributed by atoms with Gasteiger partial charge in [-0.25, -0.2) is 0 Å². The number of Topliss-reactive ketones (excluding diaryl/α,β-unsaturated/α-hetero) is 1. The summed E-state index contributed by atoms with van der Waals surface area (Å²) in [5.41, 5.74) is 1.94. The molecule has 1 N–H and O–H groups in total. The van der Waals surface area contributed by atoms with E-state index >= 15 is 0 Å². The molecule has 92 valence electrons. The molecule has 0 bridgehead atoms. The third-order valence-corrected chi connectivity index (χ3v) is 2.91. The highest BCUT2D eigenvalue weighted by atomic mass is 16.1. The molecule has 2 nitrogen and oxygen atoms in total. The van der Waals surface area contributed by atoms with E-state index in [-0.39, 0.29) is 11.8 Å². The van der Waals surface area contributed by atoms with Crippen LogP contribution in [0.1, 0.15) is 22.8 Å². The summed E-state index contributed by atoms with van der Waals surface area (Å²) in [6, 6.07) is 19.3. The molecular formula is C16H17NO. The van der Waals surface area contributed by atoms with Gasteiger partial charge in [0.1, 0.15) is 0 Å². The molecule has 0 heterocycles. The van der Waals surface area contributed by atoms with E-state index < -0.39 is 0 Å². The Hall–Kier alpha value is -1.93. The van der Waals surface area contributed by atoms with Crippen molar-refractivity contribution in [3.63, 3.8) is 0 Å². The maximum atomic E-state index is 12.1. The standard InChI is InChI=1S/C16H17NO/c1-13(16(18)15-10-6-3-7-11-15)17-12-14-8-4-2-5-9-14/h2-11,13,17H,12H2,1H3/t13-/m0/s1. The van der Waals surface area contributed by atoms with Crippen LogP contribution >= 0.6 is 0 Å². The molecule has 0 spiro atoms. The monoisotopic (exact) mass is 239 g/mol. The molecule has 0 fully saturated rings. The molecule has 18 heavy (non-hydrogen) atoms. The van der Waals surface area contributed by atoms with Crippen molar-refractivity contribution in [3.8, 4) is 0 Å². The molecule has 0 unspecified atom stereocenters. The zero-order valence-electron chi connectivity index (χ0n) is 10.5. The molecular weight excluding hydrogens is 222 g/mol. The molecule has 0 aliphatic rings. The summed E-state index contributed by atoms with van der Waals surface area (Å²) in [7, 11) is 0. The van der Waals surface area contributed by atoms with E-state index in [0.717, 1.165) is 5.56 Å². The van der Waals surface area contributed by atoms with E-state index in [2.05, 4.69) is 5.32 Å². The molecule has 0 amide bonds. The van der Waals surface area contributed by atoms with E-state index in [0.29, 0.717) is 6.54 Å². The summed E-state index contributed by atoms with van der Waals surface area (Å²) < 4.78 is 0.